The van der Waals surface area contributed by atoms with Crippen LogP contribution in [0.25, 0.3) is 0 Å². The number of benzene rings is 1. The fraction of sp³-hybridized carbons (Fsp3) is 0.550. The minimum Gasteiger partial charge on any atom is -0.362 e. The predicted octanol–water partition coefficient (Wildman–Crippen LogP) is 5.92. The van der Waals surface area contributed by atoms with E-state index in [9.17, 15) is 26.2 Å². The van der Waals surface area contributed by atoms with E-state index in [0.29, 0.717) is 11.3 Å². The predicted molar refractivity (Wildman–Crippen MR) is 105 cm³/mol. The standard InChI is InChI=1S/C20H24F5N3O2S/c1-11-19(31(2,26)29)28-18(27-11)16(12-4-3-5-13(10-12)17(21)22)30-15-8-6-14(7-9-15)20(23,24)25/h3-5,10,14-17,26H,6-9H2,1-2H3,(H,27,28)/t14?,15?,16?,31-/m1/s1. The highest BCUT2D eigenvalue weighted by molar-refractivity contribution is 7.91. The Hall–Kier alpha value is -2.01. The number of rotatable bonds is 6. The second kappa shape index (κ2) is 8.85. The third-order valence-corrected chi connectivity index (χ3v) is 6.54. The lowest BCUT2D eigenvalue weighted by Crippen LogP contribution is -2.31. The Morgan fingerprint density at radius 1 is 1.19 bits per heavy atom. The van der Waals surface area contributed by atoms with E-state index in [4.69, 9.17) is 9.52 Å². The first-order chi connectivity index (χ1) is 14.4. The number of hydrogen-bond acceptors (Lipinski definition) is 4. The number of aromatic amines is 1. The van der Waals surface area contributed by atoms with E-state index in [0.717, 1.165) is 0 Å². The van der Waals surface area contributed by atoms with Crippen LogP contribution in [-0.2, 0) is 14.5 Å². The minimum atomic E-state index is -4.25. The van der Waals surface area contributed by atoms with Crippen LogP contribution in [0.15, 0.2) is 29.3 Å². The van der Waals surface area contributed by atoms with Crippen molar-refractivity contribution in [3.8, 4) is 0 Å². The summed E-state index contributed by atoms with van der Waals surface area (Å²) in [6.45, 7) is 1.59. The Balaban J connectivity index is 1.92. The molecular weight excluding hydrogens is 441 g/mol. The molecule has 1 aromatic heterocycles. The Labute approximate surface area is 177 Å². The Kier molecular flexibility index (Phi) is 6.75. The quantitative estimate of drug-likeness (QED) is 0.520. The van der Waals surface area contributed by atoms with Gasteiger partial charge in [0.25, 0.3) is 6.43 Å². The van der Waals surface area contributed by atoms with Crippen LogP contribution in [0, 0.1) is 17.6 Å². The molecule has 1 saturated carbocycles. The van der Waals surface area contributed by atoms with Gasteiger partial charge in [-0.3, -0.25) is 0 Å². The summed E-state index contributed by atoms with van der Waals surface area (Å²) in [6.07, 6.45) is -7.04. The van der Waals surface area contributed by atoms with Gasteiger partial charge in [0.1, 0.15) is 11.9 Å². The first kappa shape index (κ1) is 23.6. The van der Waals surface area contributed by atoms with Gasteiger partial charge in [-0.1, -0.05) is 18.2 Å². The molecule has 0 aliphatic heterocycles. The van der Waals surface area contributed by atoms with Crippen molar-refractivity contribution >= 4 is 9.73 Å². The van der Waals surface area contributed by atoms with Gasteiger partial charge >= 0.3 is 6.18 Å². The highest BCUT2D eigenvalue weighted by Crippen LogP contribution is 2.40. The van der Waals surface area contributed by atoms with Gasteiger partial charge in [-0.05, 0) is 44.2 Å². The maximum absolute atomic E-state index is 13.2. The number of nitrogens with one attached hydrogen (secondary N) is 2. The van der Waals surface area contributed by atoms with Gasteiger partial charge in [0, 0.05) is 17.5 Å². The number of imidazole rings is 1. The number of halogens is 5. The molecule has 0 spiro atoms. The molecule has 5 nitrogen and oxygen atoms in total. The van der Waals surface area contributed by atoms with Crippen LogP contribution in [0.3, 0.4) is 0 Å². The molecule has 0 amide bonds. The molecule has 3 rings (SSSR count). The summed E-state index contributed by atoms with van der Waals surface area (Å²) in [5.41, 5.74) is 0.510. The topological polar surface area (TPSA) is 78.8 Å². The van der Waals surface area contributed by atoms with Gasteiger partial charge in [0.05, 0.1) is 21.8 Å². The van der Waals surface area contributed by atoms with E-state index in [1.807, 2.05) is 0 Å². The number of aryl methyl sites for hydroxylation is 1. The maximum atomic E-state index is 13.2. The number of ether oxygens (including phenoxy) is 1. The zero-order valence-electron chi connectivity index (χ0n) is 17.0. The molecule has 1 aliphatic carbocycles. The van der Waals surface area contributed by atoms with Gasteiger partial charge in [-0.25, -0.2) is 22.8 Å². The molecule has 2 N–H and O–H groups in total. The molecule has 0 bridgehead atoms. The van der Waals surface area contributed by atoms with Crippen molar-refractivity contribution in [3.63, 3.8) is 0 Å². The number of hydrogen-bond donors (Lipinski definition) is 2. The lowest BCUT2D eigenvalue weighted by Gasteiger charge is -2.32. The smallest absolute Gasteiger partial charge is 0.362 e. The highest BCUT2D eigenvalue weighted by atomic mass is 32.2. The van der Waals surface area contributed by atoms with E-state index in [1.165, 1.54) is 24.5 Å². The Morgan fingerprint density at radius 2 is 1.81 bits per heavy atom. The SMILES string of the molecule is Cc1[nH]c(C(OC2CCC(C(F)(F)F)CC2)c2cccc(C(F)F)c2)nc1[S@](C)(=N)=O. The van der Waals surface area contributed by atoms with Gasteiger partial charge in [-0.15, -0.1) is 0 Å². The van der Waals surface area contributed by atoms with Gasteiger partial charge in [0.2, 0.25) is 0 Å². The molecule has 172 valence electrons. The highest BCUT2D eigenvalue weighted by Gasteiger charge is 2.42. The maximum Gasteiger partial charge on any atom is 0.391 e. The average Bonchev–Trinajstić information content (AvgIpc) is 3.07. The normalized spacial score (nSPS) is 23.0. The van der Waals surface area contributed by atoms with Crippen molar-refractivity contribution in [2.75, 3.05) is 6.26 Å². The number of alkyl halides is 5. The number of H-pyrrole nitrogens is 1. The van der Waals surface area contributed by atoms with Crippen molar-refractivity contribution in [1.29, 1.82) is 4.78 Å². The summed E-state index contributed by atoms with van der Waals surface area (Å²) in [5, 5.41) is 0.0295. The van der Waals surface area contributed by atoms with Crippen LogP contribution in [0.4, 0.5) is 22.0 Å². The van der Waals surface area contributed by atoms with Gasteiger partial charge in [0.15, 0.2) is 5.03 Å². The summed E-state index contributed by atoms with van der Waals surface area (Å²) in [7, 11) is -3.15. The third kappa shape index (κ3) is 5.62. The van der Waals surface area contributed by atoms with Crippen LogP contribution in [0.5, 0.6) is 0 Å². The summed E-state index contributed by atoms with van der Waals surface area (Å²) < 4.78 is 91.4. The van der Waals surface area contributed by atoms with Crippen LogP contribution >= 0.6 is 0 Å². The lowest BCUT2D eigenvalue weighted by atomic mass is 9.87. The monoisotopic (exact) mass is 465 g/mol. The largest absolute Gasteiger partial charge is 0.391 e. The lowest BCUT2D eigenvalue weighted by molar-refractivity contribution is -0.188. The van der Waals surface area contributed by atoms with Crippen molar-refractivity contribution in [3.05, 3.63) is 46.9 Å². The molecular formula is C20H24F5N3O2S. The van der Waals surface area contributed by atoms with E-state index >= 15 is 0 Å². The molecule has 31 heavy (non-hydrogen) atoms. The van der Waals surface area contributed by atoms with E-state index in [1.54, 1.807) is 13.0 Å². The van der Waals surface area contributed by atoms with Crippen molar-refractivity contribution in [2.24, 2.45) is 5.92 Å². The fourth-order valence-corrected chi connectivity index (χ4v) is 4.76. The molecule has 0 radical (unpaired) electrons. The Morgan fingerprint density at radius 3 is 2.32 bits per heavy atom. The van der Waals surface area contributed by atoms with Crippen molar-refractivity contribution < 1.29 is 30.9 Å². The molecule has 2 atom stereocenters. The second-order valence-electron chi connectivity index (χ2n) is 7.90. The summed E-state index contributed by atoms with van der Waals surface area (Å²) >= 11 is 0. The molecule has 1 aromatic carbocycles. The van der Waals surface area contributed by atoms with Crippen LogP contribution in [0.2, 0.25) is 0 Å². The fourth-order valence-electron chi connectivity index (χ4n) is 3.85. The molecule has 1 fully saturated rings. The average molecular weight is 465 g/mol. The van der Waals surface area contributed by atoms with Crippen LogP contribution in [0.1, 0.15) is 60.9 Å². The van der Waals surface area contributed by atoms with Gasteiger partial charge in [-0.2, -0.15) is 13.2 Å². The van der Waals surface area contributed by atoms with Crippen molar-refractivity contribution in [1.82, 2.24) is 9.97 Å². The first-order valence-corrected chi connectivity index (χ1v) is 11.7. The van der Waals surface area contributed by atoms with E-state index in [2.05, 4.69) is 9.97 Å². The van der Waals surface area contributed by atoms with Crippen molar-refractivity contribution in [2.45, 2.75) is 62.4 Å². The third-order valence-electron chi connectivity index (χ3n) is 5.41. The second-order valence-corrected chi connectivity index (χ2v) is 9.97. The van der Waals surface area contributed by atoms with E-state index < -0.39 is 40.5 Å². The zero-order valence-corrected chi connectivity index (χ0v) is 17.8. The number of aromatic nitrogens is 2. The first-order valence-electron chi connectivity index (χ1n) is 9.76. The molecule has 1 aliphatic rings. The van der Waals surface area contributed by atoms with Crippen LogP contribution in [-0.4, -0.2) is 32.7 Å². The molecule has 1 heterocycles. The summed E-state index contributed by atoms with van der Waals surface area (Å²) in [4.78, 5) is 7.16. The molecule has 2 aromatic rings. The van der Waals surface area contributed by atoms with Gasteiger partial charge < -0.3 is 9.72 Å². The summed E-state index contributed by atoms with van der Waals surface area (Å²) in [5.74, 6) is -1.20. The number of nitrogens with zero attached hydrogens (tertiary/aromatic N) is 1. The van der Waals surface area contributed by atoms with E-state index in [-0.39, 0.29) is 42.1 Å². The van der Waals surface area contributed by atoms with Crippen LogP contribution < -0.4 is 0 Å². The summed E-state index contributed by atoms with van der Waals surface area (Å²) in [6, 6.07) is 5.54. The zero-order chi connectivity index (χ0) is 23.0. The molecule has 11 heteroatoms. The molecule has 0 saturated heterocycles. The molecule has 1 unspecified atom stereocenters. The minimum absolute atomic E-state index is 0.0295. The Bertz CT molecular complexity index is 1010.